The zero-order valence-corrected chi connectivity index (χ0v) is 22.0. The van der Waals surface area contributed by atoms with Gasteiger partial charge in [-0.3, -0.25) is 4.90 Å². The molecule has 0 aliphatic rings. The maximum Gasteiger partial charge on any atom is 0.342 e. The van der Waals surface area contributed by atoms with Crippen LogP contribution in [0, 0.1) is 20.8 Å². The van der Waals surface area contributed by atoms with Gasteiger partial charge in [-0.15, -0.1) is 0 Å². The summed E-state index contributed by atoms with van der Waals surface area (Å²) in [5.41, 5.74) is 5.55. The molecule has 0 aliphatic carbocycles. The molecular formula is C30H38N2O4. The van der Waals surface area contributed by atoms with E-state index in [1.54, 1.807) is 6.07 Å². The summed E-state index contributed by atoms with van der Waals surface area (Å²) in [6.45, 7) is 8.81. The summed E-state index contributed by atoms with van der Waals surface area (Å²) < 4.78 is 5.48. The first-order valence-corrected chi connectivity index (χ1v) is 12.3. The molecule has 3 aromatic carbocycles. The molecule has 0 fully saturated rings. The highest BCUT2D eigenvalue weighted by Crippen LogP contribution is 2.28. The second-order valence-electron chi connectivity index (χ2n) is 9.80. The van der Waals surface area contributed by atoms with Crippen LogP contribution >= 0.6 is 0 Å². The maximum absolute atomic E-state index is 12.8. The van der Waals surface area contributed by atoms with Crippen molar-refractivity contribution in [3.8, 4) is 11.5 Å². The highest BCUT2D eigenvalue weighted by molar-refractivity contribution is 5.93. The summed E-state index contributed by atoms with van der Waals surface area (Å²) in [7, 11) is 4.05. The zero-order valence-electron chi connectivity index (χ0n) is 22.0. The van der Waals surface area contributed by atoms with Crippen LogP contribution in [0.1, 0.15) is 43.7 Å². The van der Waals surface area contributed by atoms with Gasteiger partial charge in [0.1, 0.15) is 23.7 Å². The number of nitrogens with zero attached hydrogens (tertiary/aromatic N) is 2. The summed E-state index contributed by atoms with van der Waals surface area (Å²) in [6, 6.07) is 17.1. The van der Waals surface area contributed by atoms with E-state index in [1.165, 1.54) is 0 Å². The van der Waals surface area contributed by atoms with Crippen molar-refractivity contribution in [2.24, 2.45) is 0 Å². The van der Waals surface area contributed by atoms with Crippen molar-refractivity contribution in [3.63, 3.8) is 0 Å². The lowest BCUT2D eigenvalue weighted by Crippen LogP contribution is -2.33. The molecule has 0 aliphatic heterocycles. The number of hydrogen-bond donors (Lipinski definition) is 2. The Morgan fingerprint density at radius 2 is 1.50 bits per heavy atom. The van der Waals surface area contributed by atoms with Gasteiger partial charge in [0.2, 0.25) is 0 Å². The molecule has 0 radical (unpaired) electrons. The van der Waals surface area contributed by atoms with Crippen molar-refractivity contribution in [2.75, 3.05) is 33.7 Å². The van der Waals surface area contributed by atoms with Gasteiger partial charge >= 0.3 is 5.97 Å². The van der Waals surface area contributed by atoms with Crippen LogP contribution < -0.4 is 0 Å². The van der Waals surface area contributed by atoms with Crippen molar-refractivity contribution >= 4 is 5.97 Å². The molecule has 0 heterocycles. The number of hydrogen-bond acceptors (Lipinski definition) is 6. The molecule has 0 bridgehead atoms. The van der Waals surface area contributed by atoms with E-state index in [-0.39, 0.29) is 17.9 Å². The number of likely N-dealkylation sites (N-methyl/N-ethyl adjacent to an activating group) is 1. The molecule has 6 heteroatoms. The lowest BCUT2D eigenvalue weighted by molar-refractivity contribution is 0.0469. The monoisotopic (exact) mass is 490 g/mol. The number of aryl methyl sites for hydroxylation is 3. The number of aromatic hydroxyl groups is 2. The third kappa shape index (κ3) is 7.57. The van der Waals surface area contributed by atoms with Crippen LogP contribution in [0.25, 0.3) is 0 Å². The van der Waals surface area contributed by atoms with Crippen molar-refractivity contribution < 1.29 is 19.7 Å². The van der Waals surface area contributed by atoms with Gasteiger partial charge in [-0.1, -0.05) is 54.1 Å². The Bertz CT molecular complexity index is 1180. The number of benzene rings is 3. The first-order valence-electron chi connectivity index (χ1n) is 12.3. The molecule has 36 heavy (non-hydrogen) atoms. The second-order valence-corrected chi connectivity index (χ2v) is 9.80. The van der Waals surface area contributed by atoms with Gasteiger partial charge < -0.3 is 19.8 Å². The fourth-order valence-electron chi connectivity index (χ4n) is 4.30. The van der Waals surface area contributed by atoms with E-state index in [1.807, 2.05) is 83.4 Å². The summed E-state index contributed by atoms with van der Waals surface area (Å²) in [6.07, 6.45) is 0.681. The summed E-state index contributed by atoms with van der Waals surface area (Å²) in [5.74, 6) is -0.237. The van der Waals surface area contributed by atoms with E-state index in [0.717, 1.165) is 40.9 Å². The first-order chi connectivity index (χ1) is 17.1. The van der Waals surface area contributed by atoms with Crippen molar-refractivity contribution in [1.82, 2.24) is 9.80 Å². The minimum Gasteiger partial charge on any atom is -0.507 e. The third-order valence-corrected chi connectivity index (χ3v) is 6.24. The van der Waals surface area contributed by atoms with Crippen LogP contribution in [0.3, 0.4) is 0 Å². The molecule has 0 unspecified atom stereocenters. The molecule has 0 saturated heterocycles. The van der Waals surface area contributed by atoms with E-state index in [4.69, 9.17) is 4.74 Å². The third-order valence-electron chi connectivity index (χ3n) is 6.24. The number of carbonyl (C=O) groups excluding carboxylic acids is 1. The average molecular weight is 491 g/mol. The minimum absolute atomic E-state index is 0.0391. The van der Waals surface area contributed by atoms with Crippen molar-refractivity contribution in [3.05, 3.63) is 93.5 Å². The molecule has 0 aromatic heterocycles. The molecule has 192 valence electrons. The SMILES string of the molecule is Cc1cc(C)c(O)c(CCN(CCN(C)C)Cc2cc(C)cc(C(=O)OCc3ccccc3)c2O)c1. The molecule has 0 atom stereocenters. The van der Waals surface area contributed by atoms with Gasteiger partial charge in [0.15, 0.2) is 0 Å². The molecule has 0 saturated carbocycles. The van der Waals surface area contributed by atoms with Crippen LogP contribution in [-0.4, -0.2) is 59.7 Å². The molecular weight excluding hydrogens is 452 g/mol. The highest BCUT2D eigenvalue weighted by atomic mass is 16.5. The fourth-order valence-corrected chi connectivity index (χ4v) is 4.30. The Morgan fingerprint density at radius 3 is 2.19 bits per heavy atom. The molecule has 6 nitrogen and oxygen atoms in total. The normalized spacial score (nSPS) is 11.3. The Labute approximate surface area is 214 Å². The van der Waals surface area contributed by atoms with Crippen LogP contribution in [-0.2, 0) is 24.3 Å². The van der Waals surface area contributed by atoms with Gasteiger partial charge in [0, 0.05) is 31.7 Å². The Kier molecular flexibility index (Phi) is 9.51. The van der Waals surface area contributed by atoms with Crippen LogP contribution in [0.2, 0.25) is 0 Å². The van der Waals surface area contributed by atoms with Crippen molar-refractivity contribution in [2.45, 2.75) is 40.3 Å². The van der Waals surface area contributed by atoms with Crippen LogP contribution in [0.15, 0.2) is 54.6 Å². The van der Waals surface area contributed by atoms with E-state index in [9.17, 15) is 15.0 Å². The van der Waals surface area contributed by atoms with Gasteiger partial charge in [0.05, 0.1) is 0 Å². The number of esters is 1. The smallest absolute Gasteiger partial charge is 0.342 e. The van der Waals surface area contributed by atoms with E-state index in [2.05, 4.69) is 9.80 Å². The second kappa shape index (κ2) is 12.6. The number of phenols is 2. The van der Waals surface area contributed by atoms with Crippen molar-refractivity contribution in [1.29, 1.82) is 0 Å². The van der Waals surface area contributed by atoms with Gasteiger partial charge in [-0.25, -0.2) is 4.79 Å². The molecule has 2 N–H and O–H groups in total. The predicted octanol–water partition coefficient (Wildman–Crippen LogP) is 4.99. The Morgan fingerprint density at radius 1 is 0.833 bits per heavy atom. The lowest BCUT2D eigenvalue weighted by atomic mass is 10.0. The standard InChI is InChI=1S/C30H38N2O4/c1-21-15-23(3)28(33)25(16-21)11-12-32(14-13-31(4)5)19-26-17-22(2)18-27(29(26)34)30(35)36-20-24-9-7-6-8-10-24/h6-10,15-18,33-34H,11-14,19-20H2,1-5H3. The Balaban J connectivity index is 1.77. The minimum atomic E-state index is -0.540. The molecule has 3 rings (SSSR count). The molecule has 0 amide bonds. The van der Waals surface area contributed by atoms with Gasteiger partial charge in [-0.05, 0) is 69.6 Å². The summed E-state index contributed by atoms with van der Waals surface area (Å²) in [4.78, 5) is 17.2. The average Bonchev–Trinajstić information content (AvgIpc) is 2.84. The lowest BCUT2D eigenvalue weighted by Gasteiger charge is -2.25. The van der Waals surface area contributed by atoms with E-state index < -0.39 is 5.97 Å². The number of ether oxygens (including phenoxy) is 1. The Hall–Kier alpha value is -3.35. The van der Waals surface area contributed by atoms with E-state index in [0.29, 0.717) is 30.8 Å². The van der Waals surface area contributed by atoms with Gasteiger partial charge in [0.25, 0.3) is 0 Å². The maximum atomic E-state index is 12.8. The zero-order chi connectivity index (χ0) is 26.2. The molecule has 0 spiro atoms. The largest absolute Gasteiger partial charge is 0.507 e. The van der Waals surface area contributed by atoms with Crippen LogP contribution in [0.5, 0.6) is 11.5 Å². The first kappa shape index (κ1) is 27.2. The number of phenolic OH excluding ortho intramolecular Hbond substituents is 2. The topological polar surface area (TPSA) is 73.2 Å². The van der Waals surface area contributed by atoms with Crippen LogP contribution in [0.4, 0.5) is 0 Å². The predicted molar refractivity (Wildman–Crippen MR) is 144 cm³/mol. The molecule has 3 aromatic rings. The fraction of sp³-hybridized carbons (Fsp3) is 0.367. The highest BCUT2D eigenvalue weighted by Gasteiger charge is 2.19. The number of carbonyl (C=O) groups is 1. The van der Waals surface area contributed by atoms with Gasteiger partial charge in [-0.2, -0.15) is 0 Å². The summed E-state index contributed by atoms with van der Waals surface area (Å²) in [5, 5.41) is 21.6. The van der Waals surface area contributed by atoms with E-state index >= 15 is 0 Å². The summed E-state index contributed by atoms with van der Waals surface area (Å²) >= 11 is 0. The number of rotatable bonds is 11. The quantitative estimate of drug-likeness (QED) is 0.369.